The molecule has 1 saturated heterocycles. The monoisotopic (exact) mass is 408 g/mol. The summed E-state index contributed by atoms with van der Waals surface area (Å²) >= 11 is 0. The highest BCUT2D eigenvalue weighted by atomic mass is 16.6. The minimum absolute atomic E-state index is 0.0394. The Kier molecular flexibility index (Phi) is 6.04. The topological polar surface area (TPSA) is 78.9 Å². The van der Waals surface area contributed by atoms with Crippen LogP contribution in [0.1, 0.15) is 36.3 Å². The van der Waals surface area contributed by atoms with E-state index >= 15 is 0 Å². The molecule has 1 fully saturated rings. The van der Waals surface area contributed by atoms with Gasteiger partial charge in [0.25, 0.3) is 0 Å². The van der Waals surface area contributed by atoms with Gasteiger partial charge in [0, 0.05) is 13.0 Å². The largest absolute Gasteiger partial charge is 0.480 e. The molecule has 0 saturated carbocycles. The molecule has 2 aliphatic rings. The van der Waals surface area contributed by atoms with E-state index in [1.165, 1.54) is 11.9 Å². The SMILES string of the molecule is CN(C(=O)OCC1c2ccccc2-c2ccccc21)C(CC1CCNCC1)C(=O)O. The van der Waals surface area contributed by atoms with E-state index in [9.17, 15) is 14.7 Å². The van der Waals surface area contributed by atoms with E-state index in [0.717, 1.165) is 48.2 Å². The van der Waals surface area contributed by atoms with Crippen molar-refractivity contribution in [3.8, 4) is 11.1 Å². The molecule has 2 N–H and O–H groups in total. The van der Waals surface area contributed by atoms with Crippen molar-refractivity contribution in [1.29, 1.82) is 0 Å². The smallest absolute Gasteiger partial charge is 0.410 e. The molecule has 2 aromatic rings. The summed E-state index contributed by atoms with van der Waals surface area (Å²) in [6.07, 6.45) is 1.74. The van der Waals surface area contributed by atoms with Crippen molar-refractivity contribution >= 4 is 12.1 Å². The van der Waals surface area contributed by atoms with E-state index in [2.05, 4.69) is 29.6 Å². The summed E-state index contributed by atoms with van der Waals surface area (Å²) < 4.78 is 5.63. The fourth-order valence-electron chi connectivity index (χ4n) is 4.68. The highest BCUT2D eigenvalue weighted by Gasteiger charge is 2.33. The average Bonchev–Trinajstić information content (AvgIpc) is 3.09. The standard InChI is InChI=1S/C24H28N2O4/c1-26(22(23(27)28)14-16-10-12-25-13-11-16)24(29)30-15-21-19-8-4-2-6-17(19)18-7-3-5-9-20(18)21/h2-9,16,21-22,25H,10-15H2,1H3,(H,27,28). The minimum Gasteiger partial charge on any atom is -0.480 e. The van der Waals surface area contributed by atoms with Gasteiger partial charge < -0.3 is 15.2 Å². The predicted octanol–water partition coefficient (Wildman–Crippen LogP) is 3.71. The highest BCUT2D eigenvalue weighted by molar-refractivity contribution is 5.81. The second-order valence-corrected chi connectivity index (χ2v) is 8.20. The van der Waals surface area contributed by atoms with Gasteiger partial charge >= 0.3 is 12.1 Å². The molecule has 1 atom stereocenters. The van der Waals surface area contributed by atoms with Gasteiger partial charge in [-0.1, -0.05) is 48.5 Å². The molecule has 0 bridgehead atoms. The number of carboxylic acids is 1. The van der Waals surface area contributed by atoms with Crippen molar-refractivity contribution in [2.24, 2.45) is 5.92 Å². The van der Waals surface area contributed by atoms with Crippen molar-refractivity contribution in [3.05, 3.63) is 59.7 Å². The summed E-state index contributed by atoms with van der Waals surface area (Å²) in [5, 5.41) is 13.0. The fourth-order valence-corrected chi connectivity index (χ4v) is 4.68. The lowest BCUT2D eigenvalue weighted by molar-refractivity contribution is -0.143. The molecular weight excluding hydrogens is 380 g/mol. The number of carbonyl (C=O) groups excluding carboxylic acids is 1. The Balaban J connectivity index is 1.44. The van der Waals surface area contributed by atoms with Gasteiger partial charge in [-0.25, -0.2) is 9.59 Å². The fraction of sp³-hybridized carbons (Fsp3) is 0.417. The molecular formula is C24H28N2O4. The van der Waals surface area contributed by atoms with E-state index in [1.807, 2.05) is 24.3 Å². The number of hydrogen-bond acceptors (Lipinski definition) is 4. The molecule has 0 spiro atoms. The van der Waals surface area contributed by atoms with Crippen LogP contribution in [0.2, 0.25) is 0 Å². The summed E-state index contributed by atoms with van der Waals surface area (Å²) in [7, 11) is 1.53. The van der Waals surface area contributed by atoms with Crippen LogP contribution in [0.15, 0.2) is 48.5 Å². The van der Waals surface area contributed by atoms with Gasteiger partial charge in [0.2, 0.25) is 0 Å². The summed E-state index contributed by atoms with van der Waals surface area (Å²) in [5.41, 5.74) is 4.60. The van der Waals surface area contributed by atoms with E-state index < -0.39 is 18.1 Å². The maximum atomic E-state index is 12.7. The Labute approximate surface area is 176 Å². The maximum Gasteiger partial charge on any atom is 0.410 e. The van der Waals surface area contributed by atoms with Crippen LogP contribution >= 0.6 is 0 Å². The molecule has 0 aromatic heterocycles. The number of amides is 1. The van der Waals surface area contributed by atoms with Gasteiger partial charge in [0.1, 0.15) is 12.6 Å². The lowest BCUT2D eigenvalue weighted by atomic mass is 9.90. The molecule has 1 aliphatic heterocycles. The molecule has 1 amide bonds. The van der Waals surface area contributed by atoms with Crippen LogP contribution in [0.25, 0.3) is 11.1 Å². The summed E-state index contributed by atoms with van der Waals surface area (Å²) in [5.74, 6) is -0.719. The number of hydrogen-bond donors (Lipinski definition) is 2. The zero-order valence-electron chi connectivity index (χ0n) is 17.2. The molecule has 6 nitrogen and oxygen atoms in total. The third kappa shape index (κ3) is 4.05. The zero-order chi connectivity index (χ0) is 21.1. The molecule has 2 aromatic carbocycles. The van der Waals surface area contributed by atoms with Crippen molar-refractivity contribution < 1.29 is 19.4 Å². The van der Waals surface area contributed by atoms with Crippen molar-refractivity contribution in [3.63, 3.8) is 0 Å². The van der Waals surface area contributed by atoms with Crippen molar-refractivity contribution in [2.75, 3.05) is 26.7 Å². The number of rotatable bonds is 6. The molecule has 0 radical (unpaired) electrons. The normalized spacial score (nSPS) is 17.1. The van der Waals surface area contributed by atoms with Gasteiger partial charge in [0.15, 0.2) is 0 Å². The van der Waals surface area contributed by atoms with E-state index in [4.69, 9.17) is 4.74 Å². The van der Waals surface area contributed by atoms with Crippen LogP contribution in [0.4, 0.5) is 4.79 Å². The first-order chi connectivity index (χ1) is 14.6. The van der Waals surface area contributed by atoms with Crippen LogP contribution in [0.3, 0.4) is 0 Å². The van der Waals surface area contributed by atoms with E-state index in [1.54, 1.807) is 0 Å². The molecule has 1 aliphatic carbocycles. The van der Waals surface area contributed by atoms with Gasteiger partial charge in [0.05, 0.1) is 0 Å². The number of aliphatic carboxylic acids is 1. The van der Waals surface area contributed by atoms with Crippen molar-refractivity contribution in [1.82, 2.24) is 10.2 Å². The zero-order valence-corrected chi connectivity index (χ0v) is 17.2. The number of benzene rings is 2. The lowest BCUT2D eigenvalue weighted by Crippen LogP contribution is -2.45. The Morgan fingerprint density at radius 2 is 1.63 bits per heavy atom. The Bertz CT molecular complexity index is 877. The summed E-state index contributed by atoms with van der Waals surface area (Å²) in [6, 6.07) is 15.4. The third-order valence-electron chi connectivity index (χ3n) is 6.39. The van der Waals surface area contributed by atoms with Crippen LogP contribution < -0.4 is 5.32 Å². The number of carbonyl (C=O) groups is 2. The van der Waals surface area contributed by atoms with Gasteiger partial charge in [-0.3, -0.25) is 4.90 Å². The maximum absolute atomic E-state index is 12.7. The first-order valence-corrected chi connectivity index (χ1v) is 10.6. The third-order valence-corrected chi connectivity index (χ3v) is 6.39. The van der Waals surface area contributed by atoms with Crippen molar-refractivity contribution in [2.45, 2.75) is 31.2 Å². The number of ether oxygens (including phenoxy) is 1. The predicted molar refractivity (Wildman–Crippen MR) is 114 cm³/mol. The van der Waals surface area contributed by atoms with E-state index in [0.29, 0.717) is 12.3 Å². The molecule has 1 heterocycles. The van der Waals surface area contributed by atoms with Crippen LogP contribution in [-0.2, 0) is 9.53 Å². The van der Waals surface area contributed by atoms with Gasteiger partial charge in [-0.2, -0.15) is 0 Å². The first kappa shape index (κ1) is 20.4. The number of nitrogens with one attached hydrogen (secondary N) is 1. The van der Waals surface area contributed by atoms with Crippen LogP contribution in [-0.4, -0.2) is 54.9 Å². The Morgan fingerprint density at radius 3 is 2.20 bits per heavy atom. The number of piperidine rings is 1. The summed E-state index contributed by atoms with van der Waals surface area (Å²) in [6.45, 7) is 1.98. The highest BCUT2D eigenvalue weighted by Crippen LogP contribution is 2.44. The Hall–Kier alpha value is -2.86. The second kappa shape index (κ2) is 8.88. The van der Waals surface area contributed by atoms with Gasteiger partial charge in [-0.05, 0) is 60.5 Å². The molecule has 6 heteroatoms. The average molecular weight is 408 g/mol. The van der Waals surface area contributed by atoms with E-state index in [-0.39, 0.29) is 12.5 Å². The second-order valence-electron chi connectivity index (χ2n) is 8.20. The quantitative estimate of drug-likeness (QED) is 0.762. The number of likely N-dealkylation sites (N-methyl/N-ethyl adjacent to an activating group) is 1. The molecule has 158 valence electrons. The first-order valence-electron chi connectivity index (χ1n) is 10.6. The minimum atomic E-state index is -0.982. The summed E-state index contributed by atoms with van der Waals surface area (Å²) in [4.78, 5) is 25.8. The van der Waals surface area contributed by atoms with Gasteiger partial charge in [-0.15, -0.1) is 0 Å². The van der Waals surface area contributed by atoms with Crippen LogP contribution in [0.5, 0.6) is 0 Å². The molecule has 30 heavy (non-hydrogen) atoms. The lowest BCUT2D eigenvalue weighted by Gasteiger charge is -2.30. The number of nitrogens with zero attached hydrogens (tertiary/aromatic N) is 1. The number of fused-ring (bicyclic) bond motifs is 3. The molecule has 4 rings (SSSR count). The molecule has 1 unspecified atom stereocenters. The number of carboxylic acid groups (broad SMARTS) is 1. The Morgan fingerprint density at radius 1 is 1.07 bits per heavy atom. The van der Waals surface area contributed by atoms with Crippen LogP contribution in [0, 0.1) is 5.92 Å².